The first-order chi connectivity index (χ1) is 17.9. The molecule has 0 atom stereocenters. The maximum Gasteiger partial charge on any atom is 0.313 e. The van der Waals surface area contributed by atoms with Crippen molar-refractivity contribution in [3.63, 3.8) is 0 Å². The van der Waals surface area contributed by atoms with E-state index >= 15 is 0 Å². The number of benzene rings is 2. The minimum atomic E-state index is -0.594. The van der Waals surface area contributed by atoms with Crippen LogP contribution in [0.15, 0.2) is 58.5 Å². The third-order valence-corrected chi connectivity index (χ3v) is 7.57. The maximum absolute atomic E-state index is 13.9. The van der Waals surface area contributed by atoms with Crippen molar-refractivity contribution >= 4 is 57.4 Å². The molecule has 0 aliphatic rings. The van der Waals surface area contributed by atoms with Crippen molar-refractivity contribution in [1.29, 1.82) is 0 Å². The number of rotatable bonds is 10. The average molecular weight is 558 g/mol. The van der Waals surface area contributed by atoms with Gasteiger partial charge in [-0.1, -0.05) is 41.3 Å². The van der Waals surface area contributed by atoms with Crippen molar-refractivity contribution in [2.24, 2.45) is 0 Å². The monoisotopic (exact) mass is 557 g/mol. The molecule has 0 aliphatic carbocycles. The van der Waals surface area contributed by atoms with Crippen LogP contribution in [-0.2, 0) is 14.3 Å². The zero-order valence-electron chi connectivity index (χ0n) is 20.3. The number of carbonyl (C=O) groups excluding carboxylic acids is 2. The lowest BCUT2D eigenvalue weighted by Gasteiger charge is -2.15. The predicted molar refractivity (Wildman–Crippen MR) is 145 cm³/mol. The van der Waals surface area contributed by atoms with Crippen LogP contribution < -0.4 is 15.0 Å². The minimum Gasteiger partial charge on any atom is -0.497 e. The Hall–Kier alpha value is -3.48. The number of thioether (sulfide) groups is 1. The fraction of sp³-hybridized carbons (Fsp3) is 0.240. The number of para-hydroxylation sites is 2. The van der Waals surface area contributed by atoms with E-state index in [2.05, 4.69) is 0 Å². The second-order valence-electron chi connectivity index (χ2n) is 7.57. The van der Waals surface area contributed by atoms with E-state index < -0.39 is 5.97 Å². The molecule has 2 aromatic carbocycles. The van der Waals surface area contributed by atoms with Crippen molar-refractivity contribution in [3.8, 4) is 22.9 Å². The molecular weight excluding hydrogens is 534 g/mol. The number of esters is 1. The smallest absolute Gasteiger partial charge is 0.313 e. The quantitative estimate of drug-likeness (QED) is 0.0910. The van der Waals surface area contributed by atoms with E-state index in [9.17, 15) is 14.4 Å². The molecule has 9 nitrogen and oxygen atoms in total. The predicted octanol–water partition coefficient (Wildman–Crippen LogP) is 4.60. The second kappa shape index (κ2) is 11.7. The second-order valence-corrected chi connectivity index (χ2v) is 10.2. The average Bonchev–Trinajstić information content (AvgIpc) is 3.23. The van der Waals surface area contributed by atoms with E-state index in [-0.39, 0.29) is 35.3 Å². The standard InChI is InChI=1S/C25H23N3O6S3/c1-4-34-20(30)13-16(29)14-36-24-26-22-21(23(31)28(24)18-10-5-6-11-19(18)33-3)37-25(35)27(22)15-8-7-9-17(12-15)32-2/h5-12H,4,13-14H2,1-3H3. The number of hydrogen-bond acceptors (Lipinski definition) is 10. The number of ether oxygens (including phenoxy) is 3. The first-order valence-corrected chi connectivity index (χ1v) is 13.4. The van der Waals surface area contributed by atoms with E-state index in [1.807, 2.05) is 12.1 Å². The summed E-state index contributed by atoms with van der Waals surface area (Å²) in [5, 5.41) is 0.253. The zero-order valence-corrected chi connectivity index (χ0v) is 22.7. The fourth-order valence-electron chi connectivity index (χ4n) is 3.61. The Bertz CT molecular complexity index is 1590. The Morgan fingerprint density at radius 2 is 1.86 bits per heavy atom. The minimum absolute atomic E-state index is 0.0874. The van der Waals surface area contributed by atoms with Gasteiger partial charge in [0.05, 0.1) is 38.0 Å². The first kappa shape index (κ1) is 26.6. The molecule has 0 fully saturated rings. The highest BCUT2D eigenvalue weighted by atomic mass is 32.2. The molecule has 4 rings (SSSR count). The molecule has 0 N–H and O–H groups in total. The molecule has 0 bridgehead atoms. The highest BCUT2D eigenvalue weighted by molar-refractivity contribution is 7.99. The van der Waals surface area contributed by atoms with Crippen LogP contribution in [0, 0.1) is 3.95 Å². The van der Waals surface area contributed by atoms with Crippen LogP contribution in [0.25, 0.3) is 21.7 Å². The highest BCUT2D eigenvalue weighted by Gasteiger charge is 2.22. The van der Waals surface area contributed by atoms with Crippen LogP contribution in [-0.4, -0.2) is 52.5 Å². The molecule has 0 spiro atoms. The lowest BCUT2D eigenvalue weighted by Crippen LogP contribution is -2.23. The fourth-order valence-corrected chi connectivity index (χ4v) is 5.77. The van der Waals surface area contributed by atoms with Crippen molar-refractivity contribution < 1.29 is 23.8 Å². The Labute approximate surface area is 225 Å². The molecule has 0 aliphatic heterocycles. The lowest BCUT2D eigenvalue weighted by molar-refractivity contribution is -0.145. The van der Waals surface area contributed by atoms with Crippen LogP contribution in [0.5, 0.6) is 11.5 Å². The summed E-state index contributed by atoms with van der Waals surface area (Å²) >= 11 is 7.82. The SMILES string of the molecule is CCOC(=O)CC(=O)CSc1nc2c(sc(=S)n2-c2cccc(OC)c2)c(=O)n1-c1ccccc1OC. The summed E-state index contributed by atoms with van der Waals surface area (Å²) in [4.78, 5) is 42.9. The maximum atomic E-state index is 13.9. The molecule has 0 radical (unpaired) electrons. The molecule has 37 heavy (non-hydrogen) atoms. The van der Waals surface area contributed by atoms with Crippen LogP contribution in [0.2, 0.25) is 0 Å². The Morgan fingerprint density at radius 3 is 2.59 bits per heavy atom. The number of aromatic nitrogens is 3. The van der Waals surface area contributed by atoms with Gasteiger partial charge in [0.1, 0.15) is 22.6 Å². The van der Waals surface area contributed by atoms with E-state index in [4.69, 9.17) is 31.4 Å². The Balaban J connectivity index is 1.89. The number of carbonyl (C=O) groups is 2. The summed E-state index contributed by atoms with van der Waals surface area (Å²) < 4.78 is 19.6. The number of nitrogens with zero attached hydrogens (tertiary/aromatic N) is 3. The van der Waals surface area contributed by atoms with E-state index in [0.717, 1.165) is 23.1 Å². The van der Waals surface area contributed by atoms with Gasteiger partial charge in [-0.3, -0.25) is 23.5 Å². The van der Waals surface area contributed by atoms with Gasteiger partial charge in [-0.2, -0.15) is 0 Å². The molecular formula is C25H23N3O6S3. The summed E-state index contributed by atoms with van der Waals surface area (Å²) in [5.41, 5.74) is 1.16. The Kier molecular flexibility index (Phi) is 8.41. The molecule has 0 saturated carbocycles. The third-order valence-electron chi connectivity index (χ3n) is 5.22. The van der Waals surface area contributed by atoms with Crippen molar-refractivity contribution in [3.05, 3.63) is 62.8 Å². The summed E-state index contributed by atoms with van der Waals surface area (Å²) in [6.07, 6.45) is -0.361. The lowest BCUT2D eigenvalue weighted by atomic mass is 10.3. The number of hydrogen-bond donors (Lipinski definition) is 0. The van der Waals surface area contributed by atoms with Gasteiger partial charge in [-0.15, -0.1) is 0 Å². The van der Waals surface area contributed by atoms with Crippen LogP contribution >= 0.6 is 35.3 Å². The van der Waals surface area contributed by atoms with Crippen molar-refractivity contribution in [1.82, 2.24) is 14.1 Å². The molecule has 4 aromatic rings. The summed E-state index contributed by atoms with van der Waals surface area (Å²) in [6.45, 7) is 1.87. The van der Waals surface area contributed by atoms with Crippen molar-refractivity contribution in [2.75, 3.05) is 26.6 Å². The topological polar surface area (TPSA) is 102 Å². The molecule has 0 unspecified atom stereocenters. The van der Waals surface area contributed by atoms with E-state index in [1.54, 1.807) is 55.0 Å². The van der Waals surface area contributed by atoms with Crippen LogP contribution in [0.1, 0.15) is 13.3 Å². The molecule has 192 valence electrons. The van der Waals surface area contributed by atoms with E-state index in [0.29, 0.717) is 37.2 Å². The molecule has 2 aromatic heterocycles. The van der Waals surface area contributed by atoms with Gasteiger partial charge in [-0.25, -0.2) is 4.98 Å². The number of methoxy groups -OCH3 is 2. The number of ketones is 1. The van der Waals surface area contributed by atoms with Gasteiger partial charge < -0.3 is 14.2 Å². The molecule has 0 saturated heterocycles. The zero-order chi connectivity index (χ0) is 26.5. The largest absolute Gasteiger partial charge is 0.497 e. The van der Waals surface area contributed by atoms with Gasteiger partial charge >= 0.3 is 5.97 Å². The number of thiazole rings is 1. The van der Waals surface area contributed by atoms with Gasteiger partial charge in [0, 0.05) is 6.07 Å². The summed E-state index contributed by atoms with van der Waals surface area (Å²) in [6, 6.07) is 14.3. The summed E-state index contributed by atoms with van der Waals surface area (Å²) in [5.74, 6) is 0.0552. The number of fused-ring (bicyclic) bond motifs is 1. The van der Waals surface area contributed by atoms with E-state index in [1.165, 1.54) is 11.7 Å². The normalized spacial score (nSPS) is 10.9. The van der Waals surface area contributed by atoms with Gasteiger partial charge in [0.15, 0.2) is 20.5 Å². The molecule has 2 heterocycles. The highest BCUT2D eigenvalue weighted by Crippen LogP contribution is 2.31. The van der Waals surface area contributed by atoms with Crippen LogP contribution in [0.4, 0.5) is 0 Å². The number of Topliss-reactive ketones (excluding diaryl/α,β-unsaturated/α-hetero) is 1. The van der Waals surface area contributed by atoms with Gasteiger partial charge in [-0.05, 0) is 43.4 Å². The van der Waals surface area contributed by atoms with Crippen LogP contribution in [0.3, 0.4) is 0 Å². The third kappa shape index (κ3) is 5.60. The molecule has 0 amide bonds. The molecule has 12 heteroatoms. The van der Waals surface area contributed by atoms with Gasteiger partial charge in [0.25, 0.3) is 5.56 Å². The Morgan fingerprint density at radius 1 is 1.08 bits per heavy atom. The summed E-state index contributed by atoms with van der Waals surface area (Å²) in [7, 11) is 3.07. The first-order valence-electron chi connectivity index (χ1n) is 11.1. The van der Waals surface area contributed by atoms with Crippen molar-refractivity contribution in [2.45, 2.75) is 18.5 Å². The van der Waals surface area contributed by atoms with Gasteiger partial charge in [0.2, 0.25) is 0 Å².